The monoisotopic (exact) mass is 338 g/mol. The molecule has 0 aliphatic carbocycles. The second-order valence-corrected chi connectivity index (χ2v) is 6.77. The van der Waals surface area contributed by atoms with Gasteiger partial charge in [-0.15, -0.1) is 0 Å². The molecule has 2 atom stereocenters. The largest absolute Gasteiger partial charge is 0.399 e. The molecule has 25 heavy (non-hydrogen) atoms. The normalized spacial score (nSPS) is 20.5. The summed E-state index contributed by atoms with van der Waals surface area (Å²) in [6.45, 7) is 5.30. The number of carbonyl (C=O) groups excluding carboxylic acids is 1. The number of rotatable bonds is 4. The minimum atomic E-state index is -0.0526. The van der Waals surface area contributed by atoms with Crippen LogP contribution in [0.3, 0.4) is 0 Å². The average Bonchev–Trinajstić information content (AvgIpc) is 2.62. The van der Waals surface area contributed by atoms with Crippen molar-refractivity contribution >= 4 is 11.6 Å². The molecular formula is C21H26N2O2. The van der Waals surface area contributed by atoms with Crippen molar-refractivity contribution in [3.63, 3.8) is 0 Å². The molecule has 0 aromatic heterocycles. The zero-order valence-electron chi connectivity index (χ0n) is 14.9. The topological polar surface area (TPSA) is 55.6 Å². The van der Waals surface area contributed by atoms with E-state index in [2.05, 4.69) is 19.1 Å². The molecule has 2 N–H and O–H groups in total. The van der Waals surface area contributed by atoms with Gasteiger partial charge in [0.25, 0.3) is 0 Å². The number of carbonyl (C=O) groups is 1. The highest BCUT2D eigenvalue weighted by Crippen LogP contribution is 2.27. The van der Waals surface area contributed by atoms with Gasteiger partial charge >= 0.3 is 0 Å². The summed E-state index contributed by atoms with van der Waals surface area (Å²) < 4.78 is 6.01. The Bertz CT molecular complexity index is 744. The van der Waals surface area contributed by atoms with Crippen molar-refractivity contribution in [2.45, 2.75) is 38.8 Å². The summed E-state index contributed by atoms with van der Waals surface area (Å²) in [5.74, 6) is 0.164. The Morgan fingerprint density at radius 3 is 2.68 bits per heavy atom. The number of amides is 1. The van der Waals surface area contributed by atoms with Crippen LogP contribution in [0.1, 0.15) is 36.1 Å². The van der Waals surface area contributed by atoms with Gasteiger partial charge in [0.2, 0.25) is 5.91 Å². The third-order valence-electron chi connectivity index (χ3n) is 4.95. The third-order valence-corrected chi connectivity index (χ3v) is 4.95. The van der Waals surface area contributed by atoms with E-state index in [0.29, 0.717) is 26.0 Å². The van der Waals surface area contributed by atoms with Gasteiger partial charge in [-0.3, -0.25) is 4.79 Å². The van der Waals surface area contributed by atoms with E-state index in [1.54, 1.807) is 0 Å². The quantitative estimate of drug-likeness (QED) is 0.868. The zero-order chi connectivity index (χ0) is 17.8. The summed E-state index contributed by atoms with van der Waals surface area (Å²) in [5.41, 5.74) is 10.1. The molecule has 3 rings (SSSR count). The van der Waals surface area contributed by atoms with Gasteiger partial charge < -0.3 is 15.4 Å². The molecular weight excluding hydrogens is 312 g/mol. The predicted octanol–water partition coefficient (Wildman–Crippen LogP) is 3.50. The Hall–Kier alpha value is -2.33. The van der Waals surface area contributed by atoms with Crippen LogP contribution in [0.2, 0.25) is 0 Å². The van der Waals surface area contributed by atoms with E-state index in [0.717, 1.165) is 11.3 Å². The molecule has 1 fully saturated rings. The number of nitrogens with zero attached hydrogens (tertiary/aromatic N) is 1. The number of nitrogens with two attached hydrogens (primary N) is 1. The molecule has 1 amide bonds. The molecule has 0 bridgehead atoms. The number of anilines is 1. The smallest absolute Gasteiger partial charge is 0.223 e. The molecule has 1 aliphatic heterocycles. The molecule has 4 heteroatoms. The standard InChI is InChI=1S/C21H26N2O2/c1-15-7-3-5-9-18(15)20-13-23(16(2)14-25-20)21(24)12-11-17-8-4-6-10-19(17)22/h3-10,16,20H,11-14,22H2,1-2H3/t16-,20-/m0/s1. The van der Waals surface area contributed by atoms with E-state index in [1.807, 2.05) is 48.2 Å². The number of aryl methyl sites for hydroxylation is 2. The van der Waals surface area contributed by atoms with Gasteiger partial charge in [0.05, 0.1) is 19.2 Å². The van der Waals surface area contributed by atoms with E-state index in [1.165, 1.54) is 11.1 Å². The van der Waals surface area contributed by atoms with Crippen LogP contribution < -0.4 is 5.73 Å². The Morgan fingerprint density at radius 2 is 1.92 bits per heavy atom. The maximum absolute atomic E-state index is 12.8. The molecule has 0 radical (unpaired) electrons. The van der Waals surface area contributed by atoms with E-state index in [4.69, 9.17) is 10.5 Å². The highest BCUT2D eigenvalue weighted by molar-refractivity contribution is 5.77. The number of para-hydroxylation sites is 1. The van der Waals surface area contributed by atoms with Crippen LogP contribution in [-0.4, -0.2) is 30.0 Å². The highest BCUT2D eigenvalue weighted by Gasteiger charge is 2.30. The van der Waals surface area contributed by atoms with Crippen molar-refractivity contribution < 1.29 is 9.53 Å². The van der Waals surface area contributed by atoms with Crippen molar-refractivity contribution in [1.29, 1.82) is 0 Å². The summed E-state index contributed by atoms with van der Waals surface area (Å²) in [7, 11) is 0. The molecule has 0 spiro atoms. The van der Waals surface area contributed by atoms with Gasteiger partial charge in [-0.25, -0.2) is 0 Å². The lowest BCUT2D eigenvalue weighted by Crippen LogP contribution is -2.48. The summed E-state index contributed by atoms with van der Waals surface area (Å²) in [6.07, 6.45) is 1.09. The third kappa shape index (κ3) is 4.02. The number of morpholine rings is 1. The summed E-state index contributed by atoms with van der Waals surface area (Å²) in [6, 6.07) is 16.1. The lowest BCUT2D eigenvalue weighted by molar-refractivity contribution is -0.144. The van der Waals surface area contributed by atoms with E-state index in [-0.39, 0.29) is 18.1 Å². The Labute approximate surface area is 149 Å². The first kappa shape index (κ1) is 17.5. The number of benzene rings is 2. The second kappa shape index (κ2) is 7.70. The molecule has 0 saturated carbocycles. The molecule has 0 unspecified atom stereocenters. The molecule has 2 aromatic carbocycles. The Balaban J connectivity index is 1.66. The first-order valence-corrected chi connectivity index (χ1v) is 8.86. The van der Waals surface area contributed by atoms with Crippen molar-refractivity contribution in [3.8, 4) is 0 Å². The summed E-state index contributed by atoms with van der Waals surface area (Å²) in [4.78, 5) is 14.7. The van der Waals surface area contributed by atoms with Crippen LogP contribution in [0.5, 0.6) is 0 Å². The lowest BCUT2D eigenvalue weighted by atomic mass is 10.0. The zero-order valence-corrected chi connectivity index (χ0v) is 14.9. The van der Waals surface area contributed by atoms with Crippen LogP contribution in [0.15, 0.2) is 48.5 Å². The predicted molar refractivity (Wildman–Crippen MR) is 100 cm³/mol. The molecule has 2 aromatic rings. The van der Waals surface area contributed by atoms with E-state index < -0.39 is 0 Å². The highest BCUT2D eigenvalue weighted by atomic mass is 16.5. The van der Waals surface area contributed by atoms with Gasteiger partial charge in [-0.1, -0.05) is 42.5 Å². The van der Waals surface area contributed by atoms with Crippen LogP contribution >= 0.6 is 0 Å². The van der Waals surface area contributed by atoms with Crippen LogP contribution in [-0.2, 0) is 16.0 Å². The first-order valence-electron chi connectivity index (χ1n) is 8.86. The summed E-state index contributed by atoms with van der Waals surface area (Å²) >= 11 is 0. The van der Waals surface area contributed by atoms with Crippen molar-refractivity contribution in [1.82, 2.24) is 4.90 Å². The van der Waals surface area contributed by atoms with Crippen LogP contribution in [0, 0.1) is 6.92 Å². The Morgan fingerprint density at radius 1 is 1.20 bits per heavy atom. The van der Waals surface area contributed by atoms with Crippen LogP contribution in [0.4, 0.5) is 5.69 Å². The van der Waals surface area contributed by atoms with Crippen molar-refractivity contribution in [2.75, 3.05) is 18.9 Å². The maximum Gasteiger partial charge on any atom is 0.223 e. The average molecular weight is 338 g/mol. The van der Waals surface area contributed by atoms with Gasteiger partial charge in [0, 0.05) is 12.1 Å². The number of nitrogen functional groups attached to an aromatic ring is 1. The summed E-state index contributed by atoms with van der Waals surface area (Å²) in [5, 5.41) is 0. The molecule has 4 nitrogen and oxygen atoms in total. The Kier molecular flexibility index (Phi) is 5.39. The van der Waals surface area contributed by atoms with Crippen molar-refractivity contribution in [3.05, 3.63) is 65.2 Å². The molecule has 132 valence electrons. The van der Waals surface area contributed by atoms with E-state index >= 15 is 0 Å². The fourth-order valence-corrected chi connectivity index (χ4v) is 3.39. The van der Waals surface area contributed by atoms with Gasteiger partial charge in [-0.05, 0) is 43.0 Å². The van der Waals surface area contributed by atoms with Gasteiger partial charge in [0.15, 0.2) is 0 Å². The fraction of sp³-hybridized carbons (Fsp3) is 0.381. The number of hydrogen-bond donors (Lipinski definition) is 1. The number of ether oxygens (including phenoxy) is 1. The minimum Gasteiger partial charge on any atom is -0.399 e. The number of hydrogen-bond acceptors (Lipinski definition) is 3. The molecule has 1 saturated heterocycles. The minimum absolute atomic E-state index is 0.0526. The fourth-order valence-electron chi connectivity index (χ4n) is 3.39. The molecule has 1 heterocycles. The lowest BCUT2D eigenvalue weighted by Gasteiger charge is -2.38. The molecule has 1 aliphatic rings. The van der Waals surface area contributed by atoms with Gasteiger partial charge in [0.1, 0.15) is 6.10 Å². The SMILES string of the molecule is Cc1ccccc1[C@@H]1CN(C(=O)CCc2ccccc2N)[C@@H](C)CO1. The van der Waals surface area contributed by atoms with Crippen LogP contribution in [0.25, 0.3) is 0 Å². The van der Waals surface area contributed by atoms with E-state index in [9.17, 15) is 4.79 Å². The first-order chi connectivity index (χ1) is 12.1. The van der Waals surface area contributed by atoms with Gasteiger partial charge in [-0.2, -0.15) is 0 Å². The maximum atomic E-state index is 12.8. The van der Waals surface area contributed by atoms with Crippen molar-refractivity contribution in [2.24, 2.45) is 0 Å². The second-order valence-electron chi connectivity index (χ2n) is 6.77.